The molecule has 0 aromatic heterocycles. The Labute approximate surface area is 180 Å². The topological polar surface area (TPSA) is 64.8 Å². The number of hydrogen-bond acceptors (Lipinski definition) is 5. The maximum Gasteiger partial charge on any atom is 0.340 e. The maximum atomic E-state index is 13.8. The maximum absolute atomic E-state index is 13.8. The summed E-state index contributed by atoms with van der Waals surface area (Å²) in [7, 11) is 1.28. The quantitative estimate of drug-likeness (QED) is 0.350. The van der Waals surface area contributed by atoms with E-state index in [2.05, 4.69) is 6.92 Å². The fourth-order valence-electron chi connectivity index (χ4n) is 3.09. The van der Waals surface area contributed by atoms with Crippen LogP contribution in [0.1, 0.15) is 30.1 Å². The van der Waals surface area contributed by atoms with Crippen molar-refractivity contribution in [3.8, 4) is 11.5 Å². The fourth-order valence-corrected chi connectivity index (χ4v) is 3.09. The van der Waals surface area contributed by atoms with Crippen molar-refractivity contribution < 1.29 is 23.0 Å². The van der Waals surface area contributed by atoms with E-state index in [1.54, 1.807) is 30.3 Å². The van der Waals surface area contributed by atoms with Gasteiger partial charge in [-0.25, -0.2) is 13.6 Å². The van der Waals surface area contributed by atoms with Crippen molar-refractivity contribution in [1.82, 2.24) is 0 Å². The largest absolute Gasteiger partial charge is 0.465 e. The van der Waals surface area contributed by atoms with Crippen LogP contribution < -0.4 is 15.4 Å². The molecule has 0 bridgehead atoms. The zero-order valence-electron chi connectivity index (χ0n) is 17.4. The Kier molecular flexibility index (Phi) is 7.07. The Bertz CT molecular complexity index is 1060. The highest BCUT2D eigenvalue weighted by atomic mass is 19.2. The Morgan fingerprint density at radius 3 is 2.26 bits per heavy atom. The van der Waals surface area contributed by atoms with E-state index in [9.17, 15) is 13.6 Å². The second-order valence-corrected chi connectivity index (χ2v) is 6.94. The summed E-state index contributed by atoms with van der Waals surface area (Å²) >= 11 is 0. The number of anilines is 3. The summed E-state index contributed by atoms with van der Waals surface area (Å²) < 4.78 is 37.7. The van der Waals surface area contributed by atoms with Crippen LogP contribution in [-0.4, -0.2) is 19.6 Å². The molecule has 0 fully saturated rings. The Balaban J connectivity index is 1.83. The fraction of sp³-hybridized carbons (Fsp3) is 0.208. The molecule has 0 saturated heterocycles. The molecule has 0 saturated carbocycles. The van der Waals surface area contributed by atoms with Crippen molar-refractivity contribution in [3.63, 3.8) is 0 Å². The van der Waals surface area contributed by atoms with Gasteiger partial charge in [0.25, 0.3) is 0 Å². The number of carbonyl (C=O) groups excluding carboxylic acids is 1. The second-order valence-electron chi connectivity index (χ2n) is 6.94. The number of carbonyl (C=O) groups is 1. The molecular formula is C24H24F2N2O3. The Hall–Kier alpha value is -3.61. The number of nitrogens with two attached hydrogens (primary N) is 1. The highest BCUT2D eigenvalue weighted by Crippen LogP contribution is 2.31. The van der Waals surface area contributed by atoms with Crippen LogP contribution >= 0.6 is 0 Å². The minimum atomic E-state index is -0.885. The van der Waals surface area contributed by atoms with Gasteiger partial charge in [-0.2, -0.15) is 0 Å². The minimum absolute atomic E-state index is 0.223. The van der Waals surface area contributed by atoms with Gasteiger partial charge in [-0.3, -0.25) is 0 Å². The summed E-state index contributed by atoms with van der Waals surface area (Å²) in [4.78, 5) is 13.7. The first-order valence-corrected chi connectivity index (χ1v) is 9.91. The molecule has 3 aromatic rings. The number of ether oxygens (including phenoxy) is 2. The first-order chi connectivity index (χ1) is 14.9. The number of benzene rings is 3. The number of halogens is 2. The summed E-state index contributed by atoms with van der Waals surface area (Å²) in [5.74, 6) is -1.33. The summed E-state index contributed by atoms with van der Waals surface area (Å²) in [6.07, 6.45) is 1.85. The smallest absolute Gasteiger partial charge is 0.340 e. The third-order valence-electron chi connectivity index (χ3n) is 4.76. The molecule has 2 N–H and O–H groups in total. The highest BCUT2D eigenvalue weighted by molar-refractivity contribution is 5.95. The molecule has 0 heterocycles. The lowest BCUT2D eigenvalue weighted by Crippen LogP contribution is -2.18. The standard InChI is InChI=1S/C24H24F2N2O3/c1-3-4-13-28(17-7-11-21(25)22(26)14-17)16-5-8-18(9-6-16)31-19-10-12-23(27)20(15-19)24(29)30-2/h5-12,14-15H,3-4,13,27H2,1-2H3. The molecular weight excluding hydrogens is 402 g/mol. The molecule has 3 aromatic carbocycles. The third kappa shape index (κ3) is 5.31. The van der Waals surface area contributed by atoms with E-state index >= 15 is 0 Å². The van der Waals surface area contributed by atoms with Crippen LogP contribution in [0.15, 0.2) is 60.7 Å². The number of nitrogen functional groups attached to an aromatic ring is 1. The molecule has 7 heteroatoms. The molecule has 31 heavy (non-hydrogen) atoms. The van der Waals surface area contributed by atoms with Gasteiger partial charge in [0, 0.05) is 29.7 Å². The van der Waals surface area contributed by atoms with E-state index in [4.69, 9.17) is 15.2 Å². The van der Waals surface area contributed by atoms with E-state index < -0.39 is 17.6 Å². The molecule has 0 aliphatic carbocycles. The first-order valence-electron chi connectivity index (χ1n) is 9.91. The van der Waals surface area contributed by atoms with E-state index in [1.165, 1.54) is 19.2 Å². The van der Waals surface area contributed by atoms with Crippen LogP contribution in [-0.2, 0) is 4.74 Å². The molecule has 0 radical (unpaired) electrons. The van der Waals surface area contributed by atoms with E-state index in [1.807, 2.05) is 17.0 Å². The van der Waals surface area contributed by atoms with Gasteiger partial charge in [-0.05, 0) is 61.0 Å². The number of rotatable bonds is 8. The zero-order valence-corrected chi connectivity index (χ0v) is 17.4. The number of hydrogen-bond donors (Lipinski definition) is 1. The van der Waals surface area contributed by atoms with Gasteiger partial charge < -0.3 is 20.1 Å². The van der Waals surface area contributed by atoms with Crippen LogP contribution in [0.2, 0.25) is 0 Å². The summed E-state index contributed by atoms with van der Waals surface area (Å²) in [5.41, 5.74) is 7.73. The Morgan fingerprint density at radius 1 is 0.935 bits per heavy atom. The predicted octanol–water partition coefficient (Wildman–Crippen LogP) is 6.06. The van der Waals surface area contributed by atoms with Crippen molar-refractivity contribution >= 4 is 23.0 Å². The molecule has 0 aliphatic heterocycles. The van der Waals surface area contributed by atoms with E-state index in [-0.39, 0.29) is 5.56 Å². The molecule has 0 unspecified atom stereocenters. The van der Waals surface area contributed by atoms with Crippen molar-refractivity contribution in [2.24, 2.45) is 0 Å². The zero-order chi connectivity index (χ0) is 22.4. The minimum Gasteiger partial charge on any atom is -0.465 e. The van der Waals surface area contributed by atoms with Crippen LogP contribution in [0.5, 0.6) is 11.5 Å². The molecule has 3 rings (SSSR count). The lowest BCUT2D eigenvalue weighted by atomic mass is 10.1. The highest BCUT2D eigenvalue weighted by Gasteiger charge is 2.14. The molecule has 0 amide bonds. The Morgan fingerprint density at radius 2 is 1.61 bits per heavy atom. The van der Waals surface area contributed by atoms with Gasteiger partial charge in [0.15, 0.2) is 11.6 Å². The normalized spacial score (nSPS) is 10.6. The predicted molar refractivity (Wildman–Crippen MR) is 117 cm³/mol. The van der Waals surface area contributed by atoms with Crippen molar-refractivity contribution in [1.29, 1.82) is 0 Å². The molecule has 0 atom stereocenters. The number of esters is 1. The van der Waals surface area contributed by atoms with Crippen LogP contribution in [0.3, 0.4) is 0 Å². The number of methoxy groups -OCH3 is 1. The SMILES string of the molecule is CCCCN(c1ccc(Oc2ccc(N)c(C(=O)OC)c2)cc1)c1ccc(F)c(F)c1. The van der Waals surface area contributed by atoms with Crippen molar-refractivity contribution in [3.05, 3.63) is 77.9 Å². The lowest BCUT2D eigenvalue weighted by Gasteiger charge is -2.25. The van der Waals surface area contributed by atoms with Crippen LogP contribution in [0.4, 0.5) is 25.8 Å². The molecule has 162 valence electrons. The van der Waals surface area contributed by atoms with Crippen molar-refractivity contribution in [2.45, 2.75) is 19.8 Å². The average Bonchev–Trinajstić information content (AvgIpc) is 2.78. The van der Waals surface area contributed by atoms with Gasteiger partial charge in [-0.1, -0.05) is 13.3 Å². The molecule has 0 aliphatic rings. The average molecular weight is 426 g/mol. The van der Waals surface area contributed by atoms with Gasteiger partial charge in [0.1, 0.15) is 11.5 Å². The summed E-state index contributed by atoms with van der Waals surface area (Å²) in [5, 5.41) is 0. The third-order valence-corrected chi connectivity index (χ3v) is 4.76. The van der Waals surface area contributed by atoms with Gasteiger partial charge in [-0.15, -0.1) is 0 Å². The number of unbranched alkanes of at least 4 members (excludes halogenated alkanes) is 1. The summed E-state index contributed by atoms with van der Waals surface area (Å²) in [6, 6.07) is 15.8. The first kappa shape index (κ1) is 22.1. The van der Waals surface area contributed by atoms with Gasteiger partial charge in [0.2, 0.25) is 0 Å². The number of nitrogens with zero attached hydrogens (tertiary/aromatic N) is 1. The molecule has 5 nitrogen and oxygen atoms in total. The van der Waals surface area contributed by atoms with Gasteiger partial charge in [0.05, 0.1) is 12.7 Å². The molecule has 0 spiro atoms. The van der Waals surface area contributed by atoms with Crippen LogP contribution in [0.25, 0.3) is 0 Å². The van der Waals surface area contributed by atoms with Crippen LogP contribution in [0, 0.1) is 11.6 Å². The monoisotopic (exact) mass is 426 g/mol. The van der Waals surface area contributed by atoms with E-state index in [0.717, 1.165) is 24.6 Å². The second kappa shape index (κ2) is 9.93. The summed E-state index contributed by atoms with van der Waals surface area (Å²) in [6.45, 7) is 2.72. The van der Waals surface area contributed by atoms with Crippen molar-refractivity contribution in [2.75, 3.05) is 24.3 Å². The van der Waals surface area contributed by atoms with E-state index in [0.29, 0.717) is 29.4 Å². The van der Waals surface area contributed by atoms with Gasteiger partial charge >= 0.3 is 5.97 Å². The lowest BCUT2D eigenvalue weighted by molar-refractivity contribution is 0.0601.